The predicted octanol–water partition coefficient (Wildman–Crippen LogP) is 1.94. The van der Waals surface area contributed by atoms with Crippen molar-refractivity contribution in [2.24, 2.45) is 7.05 Å². The van der Waals surface area contributed by atoms with Gasteiger partial charge in [-0.15, -0.1) is 0 Å². The molecule has 1 aromatic carbocycles. The Bertz CT molecular complexity index is 737. The lowest BCUT2D eigenvalue weighted by atomic mass is 10.1. The van der Waals surface area contributed by atoms with Crippen LogP contribution in [0.5, 0.6) is 5.75 Å². The van der Waals surface area contributed by atoms with Crippen LogP contribution in [-0.2, 0) is 18.4 Å². The molecule has 0 saturated heterocycles. The zero-order valence-corrected chi connectivity index (χ0v) is 13.9. The van der Waals surface area contributed by atoms with Crippen LogP contribution in [0.4, 0.5) is 0 Å². The van der Waals surface area contributed by atoms with Crippen LogP contribution in [0, 0.1) is 0 Å². The average Bonchev–Trinajstić information content (AvgIpc) is 2.93. The number of aryl methyl sites for hydroxylation is 1. The Hall–Kier alpha value is -2.83. The van der Waals surface area contributed by atoms with Crippen molar-refractivity contribution >= 4 is 11.9 Å². The van der Waals surface area contributed by atoms with Gasteiger partial charge in [-0.25, -0.2) is 4.79 Å². The minimum absolute atomic E-state index is 0.214. The number of nitrogens with zero attached hydrogens (tertiary/aromatic N) is 2. The van der Waals surface area contributed by atoms with E-state index in [0.717, 1.165) is 11.3 Å². The molecule has 0 aliphatic rings. The first-order chi connectivity index (χ1) is 11.4. The number of carbonyl (C=O) groups is 2. The van der Waals surface area contributed by atoms with Gasteiger partial charge in [0.1, 0.15) is 11.4 Å². The number of aromatic nitrogens is 2. The van der Waals surface area contributed by atoms with Crippen molar-refractivity contribution in [1.82, 2.24) is 15.1 Å². The molecular formula is C17H21N3O4. The number of carboxylic acids is 1. The summed E-state index contributed by atoms with van der Waals surface area (Å²) in [6.45, 7) is 3.95. The summed E-state index contributed by atoms with van der Waals surface area (Å²) in [5.74, 6) is -0.549. The van der Waals surface area contributed by atoms with Gasteiger partial charge in [0.05, 0.1) is 5.69 Å². The number of hydrogen-bond acceptors (Lipinski definition) is 4. The van der Waals surface area contributed by atoms with Crippen LogP contribution in [0.3, 0.4) is 0 Å². The molecule has 0 radical (unpaired) electrons. The number of aliphatic carboxylic acids is 1. The third kappa shape index (κ3) is 4.58. The predicted molar refractivity (Wildman–Crippen MR) is 88.0 cm³/mol. The maximum atomic E-state index is 12.3. The molecule has 2 aromatic rings. The second-order valence-corrected chi connectivity index (χ2v) is 5.75. The number of amides is 1. The molecule has 2 N–H and O–H groups in total. The van der Waals surface area contributed by atoms with Crippen LogP contribution >= 0.6 is 0 Å². The van der Waals surface area contributed by atoms with E-state index in [1.165, 1.54) is 0 Å². The fraction of sp³-hybridized carbons (Fsp3) is 0.353. The molecule has 0 fully saturated rings. The molecular weight excluding hydrogens is 310 g/mol. The molecule has 2 rings (SSSR count). The Morgan fingerprint density at radius 3 is 2.71 bits per heavy atom. The van der Waals surface area contributed by atoms with E-state index in [0.29, 0.717) is 18.0 Å². The first-order valence-corrected chi connectivity index (χ1v) is 7.62. The van der Waals surface area contributed by atoms with Gasteiger partial charge in [0.2, 0.25) is 0 Å². The summed E-state index contributed by atoms with van der Waals surface area (Å²) in [5.41, 5.74) is 2.18. The minimum atomic E-state index is -1.04. The van der Waals surface area contributed by atoms with E-state index in [1.54, 1.807) is 36.0 Å². The molecule has 7 heteroatoms. The quantitative estimate of drug-likeness (QED) is 0.809. The maximum absolute atomic E-state index is 12.3. The average molecular weight is 331 g/mol. The zero-order valence-electron chi connectivity index (χ0n) is 13.9. The number of nitrogens with one attached hydrogen (secondary N) is 1. The SMILES string of the molecule is CC(C)c1cc(C(=O)NCc2cccc(OCC(=O)O)c2)n(C)n1. The third-order valence-electron chi connectivity index (χ3n) is 3.44. The molecule has 0 saturated carbocycles. The fourth-order valence-corrected chi connectivity index (χ4v) is 2.15. The molecule has 1 heterocycles. The van der Waals surface area contributed by atoms with Gasteiger partial charge in [-0.3, -0.25) is 9.48 Å². The highest BCUT2D eigenvalue weighted by atomic mass is 16.5. The van der Waals surface area contributed by atoms with Crippen LogP contribution in [0.15, 0.2) is 30.3 Å². The lowest BCUT2D eigenvalue weighted by molar-refractivity contribution is -0.139. The molecule has 0 aliphatic heterocycles. The molecule has 0 atom stereocenters. The van der Waals surface area contributed by atoms with Crippen molar-refractivity contribution in [1.29, 1.82) is 0 Å². The minimum Gasteiger partial charge on any atom is -0.482 e. The Morgan fingerprint density at radius 2 is 2.08 bits per heavy atom. The molecule has 7 nitrogen and oxygen atoms in total. The van der Waals surface area contributed by atoms with Crippen LogP contribution < -0.4 is 10.1 Å². The van der Waals surface area contributed by atoms with Crippen molar-refractivity contribution in [3.63, 3.8) is 0 Å². The van der Waals surface area contributed by atoms with Crippen molar-refractivity contribution in [3.05, 3.63) is 47.3 Å². The Balaban J connectivity index is 1.99. The topological polar surface area (TPSA) is 93.5 Å². The number of benzene rings is 1. The lowest BCUT2D eigenvalue weighted by Crippen LogP contribution is -2.25. The summed E-state index contributed by atoms with van der Waals surface area (Å²) in [5, 5.41) is 15.8. The van der Waals surface area contributed by atoms with E-state index >= 15 is 0 Å². The number of ether oxygens (including phenoxy) is 1. The molecule has 0 aliphatic carbocycles. The summed E-state index contributed by atoms with van der Waals surface area (Å²) in [6.07, 6.45) is 0. The molecule has 1 amide bonds. The van der Waals surface area contributed by atoms with Crippen molar-refractivity contribution in [2.75, 3.05) is 6.61 Å². The van der Waals surface area contributed by atoms with E-state index in [4.69, 9.17) is 9.84 Å². The van der Waals surface area contributed by atoms with Crippen molar-refractivity contribution < 1.29 is 19.4 Å². The van der Waals surface area contributed by atoms with Gasteiger partial charge < -0.3 is 15.2 Å². The van der Waals surface area contributed by atoms with Gasteiger partial charge >= 0.3 is 5.97 Å². The van der Waals surface area contributed by atoms with Gasteiger partial charge in [0.25, 0.3) is 5.91 Å². The first kappa shape index (κ1) is 17.5. The van der Waals surface area contributed by atoms with E-state index < -0.39 is 12.6 Å². The molecule has 0 bridgehead atoms. The fourth-order valence-electron chi connectivity index (χ4n) is 2.15. The molecule has 0 spiro atoms. The molecule has 0 unspecified atom stereocenters. The molecule has 1 aromatic heterocycles. The van der Waals surface area contributed by atoms with Crippen molar-refractivity contribution in [3.8, 4) is 5.75 Å². The number of hydrogen-bond donors (Lipinski definition) is 2. The highest BCUT2D eigenvalue weighted by Crippen LogP contribution is 2.15. The largest absolute Gasteiger partial charge is 0.482 e. The standard InChI is InChI=1S/C17H21N3O4/c1-11(2)14-8-15(20(3)19-14)17(23)18-9-12-5-4-6-13(7-12)24-10-16(21)22/h4-8,11H,9-10H2,1-3H3,(H,18,23)(H,21,22). The van der Waals surface area contributed by atoms with Crippen molar-refractivity contribution in [2.45, 2.75) is 26.3 Å². The van der Waals surface area contributed by atoms with Gasteiger partial charge in [-0.05, 0) is 29.7 Å². The van der Waals surface area contributed by atoms with E-state index in [2.05, 4.69) is 10.4 Å². The smallest absolute Gasteiger partial charge is 0.341 e. The highest BCUT2D eigenvalue weighted by Gasteiger charge is 2.14. The van der Waals surface area contributed by atoms with Gasteiger partial charge in [0.15, 0.2) is 6.61 Å². The van der Waals surface area contributed by atoms with Crippen LogP contribution in [0.1, 0.15) is 41.5 Å². The summed E-state index contributed by atoms with van der Waals surface area (Å²) < 4.78 is 6.69. The third-order valence-corrected chi connectivity index (χ3v) is 3.44. The summed E-state index contributed by atoms with van der Waals surface area (Å²) in [4.78, 5) is 22.8. The highest BCUT2D eigenvalue weighted by molar-refractivity contribution is 5.92. The second kappa shape index (κ2) is 7.63. The van der Waals surface area contributed by atoms with E-state index in [-0.39, 0.29) is 11.8 Å². The number of rotatable bonds is 7. The normalized spacial score (nSPS) is 10.7. The molecule has 128 valence electrons. The van der Waals surface area contributed by atoms with Crippen LogP contribution in [0.25, 0.3) is 0 Å². The van der Waals surface area contributed by atoms with Gasteiger partial charge in [-0.1, -0.05) is 26.0 Å². The van der Waals surface area contributed by atoms with Gasteiger partial charge in [0, 0.05) is 13.6 Å². The number of carbonyl (C=O) groups excluding carboxylic acids is 1. The Labute approximate surface area is 140 Å². The monoisotopic (exact) mass is 331 g/mol. The Kier molecular flexibility index (Phi) is 5.57. The first-order valence-electron chi connectivity index (χ1n) is 7.62. The lowest BCUT2D eigenvalue weighted by Gasteiger charge is -2.08. The van der Waals surface area contributed by atoms with E-state index in [1.807, 2.05) is 19.9 Å². The Morgan fingerprint density at radius 1 is 1.33 bits per heavy atom. The van der Waals surface area contributed by atoms with Gasteiger partial charge in [-0.2, -0.15) is 5.10 Å². The molecule has 24 heavy (non-hydrogen) atoms. The summed E-state index contributed by atoms with van der Waals surface area (Å²) >= 11 is 0. The van der Waals surface area contributed by atoms with Crippen LogP contribution in [-0.4, -0.2) is 33.4 Å². The second-order valence-electron chi connectivity index (χ2n) is 5.75. The maximum Gasteiger partial charge on any atom is 0.341 e. The van der Waals surface area contributed by atoms with Crippen LogP contribution in [0.2, 0.25) is 0 Å². The summed E-state index contributed by atoms with van der Waals surface area (Å²) in [6, 6.07) is 8.74. The summed E-state index contributed by atoms with van der Waals surface area (Å²) in [7, 11) is 1.74. The zero-order chi connectivity index (χ0) is 17.7. The van der Waals surface area contributed by atoms with E-state index in [9.17, 15) is 9.59 Å². The number of carboxylic acid groups (broad SMARTS) is 1.